The normalized spacial score (nSPS) is 10.7. The molecule has 0 atom stereocenters. The molecule has 9 heteroatoms. The lowest BCUT2D eigenvalue weighted by Crippen LogP contribution is -2.17. The summed E-state index contributed by atoms with van der Waals surface area (Å²) in [5, 5.41) is 3.96. The lowest BCUT2D eigenvalue weighted by atomic mass is 10.2. The molecule has 1 N–H and O–H groups in total. The molecule has 1 aromatic heterocycles. The van der Waals surface area contributed by atoms with Gasteiger partial charge >= 0.3 is 5.97 Å². The van der Waals surface area contributed by atoms with Crippen molar-refractivity contribution in [1.29, 1.82) is 0 Å². The van der Waals surface area contributed by atoms with Gasteiger partial charge in [0.05, 0.1) is 23.9 Å². The van der Waals surface area contributed by atoms with Crippen molar-refractivity contribution in [2.45, 2.75) is 6.92 Å². The fraction of sp³-hybridized carbons (Fsp3) is 0.0909. The molecule has 0 saturated carbocycles. The smallest absolute Gasteiger partial charge is 0.343 e. The van der Waals surface area contributed by atoms with E-state index in [1.54, 1.807) is 54.7 Å². The van der Waals surface area contributed by atoms with Crippen LogP contribution in [0.25, 0.3) is 0 Å². The molecule has 3 aromatic rings. The van der Waals surface area contributed by atoms with Crippen molar-refractivity contribution in [3.8, 4) is 11.5 Å². The highest BCUT2D eigenvalue weighted by Crippen LogP contribution is 2.29. The lowest BCUT2D eigenvalue weighted by molar-refractivity contribution is 0.0728. The summed E-state index contributed by atoms with van der Waals surface area (Å²) in [5.74, 6) is -0.213. The van der Waals surface area contributed by atoms with Gasteiger partial charge in [0.1, 0.15) is 0 Å². The van der Waals surface area contributed by atoms with Crippen LogP contribution in [0.5, 0.6) is 11.5 Å². The highest BCUT2D eigenvalue weighted by Gasteiger charge is 2.13. The number of rotatable bonds is 7. The van der Waals surface area contributed by atoms with Gasteiger partial charge in [-0.05, 0) is 76.9 Å². The van der Waals surface area contributed by atoms with Crippen molar-refractivity contribution in [3.05, 3.63) is 86.6 Å². The first kappa shape index (κ1) is 22.6. The van der Waals surface area contributed by atoms with Gasteiger partial charge in [-0.15, -0.1) is 0 Å². The minimum absolute atomic E-state index is 0.288. The second-order valence-electron chi connectivity index (χ2n) is 6.13. The predicted octanol–water partition coefficient (Wildman–Crippen LogP) is 4.99. The Hall–Kier alpha value is -3.04. The lowest BCUT2D eigenvalue weighted by Gasteiger charge is -2.11. The molecule has 0 aliphatic heterocycles. The van der Waals surface area contributed by atoms with Crippen LogP contribution in [0.3, 0.4) is 0 Å². The number of nitrogens with zero attached hydrogens (tertiary/aromatic N) is 2. The van der Waals surface area contributed by atoms with Gasteiger partial charge in [-0.1, -0.05) is 15.9 Å². The number of aromatic nitrogens is 1. The third-order valence-corrected chi connectivity index (χ3v) is 4.86. The van der Waals surface area contributed by atoms with Crippen molar-refractivity contribution in [1.82, 2.24) is 10.4 Å². The summed E-state index contributed by atoms with van der Waals surface area (Å²) in [6.45, 7) is 2.21. The van der Waals surface area contributed by atoms with E-state index in [1.807, 2.05) is 6.92 Å². The predicted molar refractivity (Wildman–Crippen MR) is 124 cm³/mol. The molecule has 0 radical (unpaired) electrons. The SMILES string of the molecule is CCOc1cc(/C=N/NC(=O)c2cncc(Br)c2)ccc1OC(=O)c1ccc(Br)cc1. The van der Waals surface area contributed by atoms with Crippen molar-refractivity contribution < 1.29 is 19.1 Å². The second kappa shape index (κ2) is 10.8. The minimum atomic E-state index is -0.496. The number of halogens is 2. The molecule has 3 rings (SSSR count). The van der Waals surface area contributed by atoms with Crippen LogP contribution in [-0.4, -0.2) is 29.7 Å². The molecule has 2 aromatic carbocycles. The molecule has 0 unspecified atom stereocenters. The van der Waals surface area contributed by atoms with E-state index >= 15 is 0 Å². The van der Waals surface area contributed by atoms with E-state index in [1.165, 1.54) is 12.4 Å². The fourth-order valence-electron chi connectivity index (χ4n) is 2.47. The van der Waals surface area contributed by atoms with Gasteiger partial charge in [-0.3, -0.25) is 9.78 Å². The number of esters is 1. The number of nitrogens with one attached hydrogen (secondary N) is 1. The van der Waals surface area contributed by atoms with Gasteiger partial charge in [-0.25, -0.2) is 10.2 Å². The largest absolute Gasteiger partial charge is 0.490 e. The standard InChI is InChI=1S/C22H17Br2N3O4/c1-2-30-20-9-14(11-26-27-21(28)16-10-18(24)13-25-12-16)3-8-19(20)31-22(29)15-4-6-17(23)7-5-15/h3-13H,2H2,1H3,(H,27,28)/b26-11+. The Bertz CT molecular complexity index is 1120. The summed E-state index contributed by atoms with van der Waals surface area (Å²) in [6.07, 6.45) is 4.49. The summed E-state index contributed by atoms with van der Waals surface area (Å²) in [4.78, 5) is 28.5. The third-order valence-electron chi connectivity index (χ3n) is 3.90. The summed E-state index contributed by atoms with van der Waals surface area (Å²) in [6, 6.07) is 13.5. The zero-order valence-corrected chi connectivity index (χ0v) is 19.5. The van der Waals surface area contributed by atoms with Crippen LogP contribution in [0.15, 0.2) is 75.0 Å². The maximum atomic E-state index is 12.4. The first-order chi connectivity index (χ1) is 15.0. The van der Waals surface area contributed by atoms with Crippen molar-refractivity contribution in [3.63, 3.8) is 0 Å². The van der Waals surface area contributed by atoms with Crippen LogP contribution >= 0.6 is 31.9 Å². The van der Waals surface area contributed by atoms with E-state index in [0.717, 1.165) is 4.47 Å². The van der Waals surface area contributed by atoms with Crippen LogP contribution in [0.4, 0.5) is 0 Å². The zero-order chi connectivity index (χ0) is 22.2. The van der Waals surface area contributed by atoms with Crippen LogP contribution in [-0.2, 0) is 0 Å². The van der Waals surface area contributed by atoms with Gasteiger partial charge in [0.2, 0.25) is 0 Å². The monoisotopic (exact) mass is 545 g/mol. The molecule has 1 heterocycles. The number of hydrazone groups is 1. The third kappa shape index (κ3) is 6.47. The fourth-order valence-corrected chi connectivity index (χ4v) is 3.10. The first-order valence-electron chi connectivity index (χ1n) is 9.15. The van der Waals surface area contributed by atoms with Gasteiger partial charge < -0.3 is 9.47 Å². The van der Waals surface area contributed by atoms with E-state index in [9.17, 15) is 9.59 Å². The molecular weight excluding hydrogens is 530 g/mol. The maximum absolute atomic E-state index is 12.4. The Labute approximate surface area is 195 Å². The van der Waals surface area contributed by atoms with E-state index in [2.05, 4.69) is 47.4 Å². The topological polar surface area (TPSA) is 89.9 Å². The van der Waals surface area contributed by atoms with E-state index in [-0.39, 0.29) is 5.75 Å². The van der Waals surface area contributed by atoms with Crippen molar-refractivity contribution in [2.75, 3.05) is 6.61 Å². The molecule has 0 aliphatic rings. The average Bonchev–Trinajstić information content (AvgIpc) is 2.76. The quantitative estimate of drug-likeness (QED) is 0.195. The summed E-state index contributed by atoms with van der Waals surface area (Å²) >= 11 is 6.60. The number of pyridine rings is 1. The second-order valence-corrected chi connectivity index (χ2v) is 7.96. The van der Waals surface area contributed by atoms with E-state index < -0.39 is 11.9 Å². The van der Waals surface area contributed by atoms with Crippen molar-refractivity contribution >= 4 is 50.0 Å². The summed E-state index contributed by atoms with van der Waals surface area (Å²) < 4.78 is 12.6. The van der Waals surface area contributed by atoms with Gasteiger partial charge in [-0.2, -0.15) is 5.10 Å². The summed E-state index contributed by atoms with van der Waals surface area (Å²) in [7, 11) is 0. The number of hydrogen-bond donors (Lipinski definition) is 1. The molecule has 7 nitrogen and oxygen atoms in total. The van der Waals surface area contributed by atoms with Gasteiger partial charge in [0.25, 0.3) is 5.91 Å². The molecule has 31 heavy (non-hydrogen) atoms. The summed E-state index contributed by atoms with van der Waals surface area (Å²) in [5.41, 5.74) is 3.88. The van der Waals surface area contributed by atoms with Crippen LogP contribution in [0.1, 0.15) is 33.2 Å². The molecule has 0 saturated heterocycles. The maximum Gasteiger partial charge on any atom is 0.343 e. The molecule has 1 amide bonds. The minimum Gasteiger partial charge on any atom is -0.490 e. The Balaban J connectivity index is 1.70. The Morgan fingerprint density at radius 3 is 2.48 bits per heavy atom. The number of benzene rings is 2. The van der Waals surface area contributed by atoms with Crippen molar-refractivity contribution in [2.24, 2.45) is 5.10 Å². The molecule has 158 valence electrons. The highest BCUT2D eigenvalue weighted by molar-refractivity contribution is 9.10. The molecular formula is C22H17Br2N3O4. The Kier molecular flexibility index (Phi) is 7.91. The highest BCUT2D eigenvalue weighted by atomic mass is 79.9. The van der Waals surface area contributed by atoms with Crippen LogP contribution in [0, 0.1) is 0 Å². The number of amides is 1. The molecule has 0 bridgehead atoms. The van der Waals surface area contributed by atoms with Crippen LogP contribution < -0.4 is 14.9 Å². The first-order valence-corrected chi connectivity index (χ1v) is 10.7. The van der Waals surface area contributed by atoms with E-state index in [4.69, 9.17) is 9.47 Å². The zero-order valence-electron chi connectivity index (χ0n) is 16.3. The van der Waals surface area contributed by atoms with Gasteiger partial charge in [0.15, 0.2) is 11.5 Å². The number of ether oxygens (including phenoxy) is 2. The van der Waals surface area contributed by atoms with E-state index in [0.29, 0.717) is 33.5 Å². The van der Waals surface area contributed by atoms with Gasteiger partial charge in [0, 0.05) is 21.3 Å². The molecule has 0 fully saturated rings. The average molecular weight is 547 g/mol. The van der Waals surface area contributed by atoms with Crippen LogP contribution in [0.2, 0.25) is 0 Å². The number of carbonyl (C=O) groups is 2. The number of hydrogen-bond acceptors (Lipinski definition) is 6. The molecule has 0 spiro atoms. The Morgan fingerprint density at radius 1 is 1.00 bits per heavy atom. The number of carbonyl (C=O) groups excluding carboxylic acids is 2. The molecule has 0 aliphatic carbocycles. The Morgan fingerprint density at radius 2 is 1.77 bits per heavy atom.